The van der Waals surface area contributed by atoms with E-state index in [1.54, 1.807) is 31.4 Å². The van der Waals surface area contributed by atoms with Gasteiger partial charge in [0.2, 0.25) is 5.91 Å². The second kappa shape index (κ2) is 7.47. The van der Waals surface area contributed by atoms with Gasteiger partial charge in [-0.2, -0.15) is 0 Å². The molecule has 24 heavy (non-hydrogen) atoms. The van der Waals surface area contributed by atoms with E-state index in [4.69, 9.17) is 4.74 Å². The number of methoxy groups -OCH3 is 1. The highest BCUT2D eigenvalue weighted by Gasteiger charge is 2.24. The Morgan fingerprint density at radius 2 is 1.96 bits per heavy atom. The quantitative estimate of drug-likeness (QED) is 0.780. The van der Waals surface area contributed by atoms with Crippen LogP contribution in [0.5, 0.6) is 5.75 Å². The highest BCUT2D eigenvalue weighted by molar-refractivity contribution is 5.82. The van der Waals surface area contributed by atoms with Crippen LogP contribution >= 0.6 is 0 Å². The normalized spacial score (nSPS) is 17.7. The number of fused-ring (bicyclic) bond motifs is 1. The van der Waals surface area contributed by atoms with Crippen LogP contribution in [0.2, 0.25) is 0 Å². The number of benzene rings is 2. The molecule has 0 saturated carbocycles. The van der Waals surface area contributed by atoms with Gasteiger partial charge < -0.3 is 20.5 Å². The molecule has 1 aliphatic heterocycles. The predicted molar refractivity (Wildman–Crippen MR) is 91.7 cm³/mol. The van der Waals surface area contributed by atoms with Gasteiger partial charge >= 0.3 is 0 Å². The summed E-state index contributed by atoms with van der Waals surface area (Å²) in [6, 6.07) is 15.0. The third-order valence-electron chi connectivity index (χ3n) is 4.37. The summed E-state index contributed by atoms with van der Waals surface area (Å²) < 4.78 is 5.10. The van der Waals surface area contributed by atoms with Crippen LogP contribution in [0.25, 0.3) is 0 Å². The molecule has 0 fully saturated rings. The molecule has 2 aromatic rings. The van der Waals surface area contributed by atoms with E-state index in [2.05, 4.69) is 22.8 Å². The summed E-state index contributed by atoms with van der Waals surface area (Å²) in [5.41, 5.74) is 3.19. The lowest BCUT2D eigenvalue weighted by molar-refractivity contribution is -0.123. The maximum absolute atomic E-state index is 12.3. The first kappa shape index (κ1) is 16.5. The first-order valence-corrected chi connectivity index (χ1v) is 8.07. The van der Waals surface area contributed by atoms with Crippen LogP contribution in [0.15, 0.2) is 48.5 Å². The first-order chi connectivity index (χ1) is 11.7. The summed E-state index contributed by atoms with van der Waals surface area (Å²) in [5, 5.41) is 16.3. The van der Waals surface area contributed by atoms with Crippen molar-refractivity contribution in [1.29, 1.82) is 0 Å². The Morgan fingerprint density at radius 3 is 2.67 bits per heavy atom. The van der Waals surface area contributed by atoms with Gasteiger partial charge in [-0.05, 0) is 35.2 Å². The van der Waals surface area contributed by atoms with Crippen molar-refractivity contribution in [3.8, 4) is 5.75 Å². The summed E-state index contributed by atoms with van der Waals surface area (Å²) in [7, 11) is 1.60. The Hall–Kier alpha value is -2.37. The molecular weight excluding hydrogens is 304 g/mol. The number of aliphatic hydroxyl groups excluding tert-OH is 1. The number of nitrogens with one attached hydrogen (secondary N) is 2. The van der Waals surface area contributed by atoms with E-state index in [0.717, 1.165) is 11.3 Å². The zero-order chi connectivity index (χ0) is 16.9. The number of carbonyl (C=O) groups is 1. The number of aliphatic hydroxyl groups is 1. The number of rotatable bonds is 5. The van der Waals surface area contributed by atoms with Gasteiger partial charge in [0.05, 0.1) is 19.3 Å². The highest BCUT2D eigenvalue weighted by atomic mass is 16.5. The van der Waals surface area contributed by atoms with Crippen molar-refractivity contribution in [2.45, 2.75) is 25.1 Å². The molecule has 2 atom stereocenters. The van der Waals surface area contributed by atoms with E-state index < -0.39 is 6.10 Å². The second-order valence-electron chi connectivity index (χ2n) is 5.94. The van der Waals surface area contributed by atoms with E-state index >= 15 is 0 Å². The molecule has 1 aliphatic rings. The Morgan fingerprint density at radius 1 is 1.25 bits per heavy atom. The summed E-state index contributed by atoms with van der Waals surface area (Å²) in [6.45, 7) is 0.875. The van der Waals surface area contributed by atoms with Gasteiger partial charge in [0.1, 0.15) is 5.75 Å². The number of hydrogen-bond acceptors (Lipinski definition) is 4. The Bertz CT molecular complexity index is 700. The summed E-state index contributed by atoms with van der Waals surface area (Å²) in [5.74, 6) is 0.650. The Kier molecular flexibility index (Phi) is 5.13. The third kappa shape index (κ3) is 3.75. The Labute approximate surface area is 141 Å². The minimum atomic E-state index is -0.740. The molecule has 5 heteroatoms. The lowest BCUT2D eigenvalue weighted by atomic mass is 9.95. The van der Waals surface area contributed by atoms with E-state index in [-0.39, 0.29) is 18.5 Å². The summed E-state index contributed by atoms with van der Waals surface area (Å²) in [6.07, 6.45) is -0.0728. The summed E-state index contributed by atoms with van der Waals surface area (Å²) in [4.78, 5) is 12.3. The lowest BCUT2D eigenvalue weighted by Gasteiger charge is -2.25. The molecule has 2 unspecified atom stereocenters. The van der Waals surface area contributed by atoms with Crippen LogP contribution in [0, 0.1) is 0 Å². The topological polar surface area (TPSA) is 70.6 Å². The molecule has 0 aliphatic carbocycles. The van der Waals surface area contributed by atoms with Gasteiger partial charge in [-0.25, -0.2) is 0 Å². The van der Waals surface area contributed by atoms with Gasteiger partial charge in [-0.1, -0.05) is 36.4 Å². The van der Waals surface area contributed by atoms with Crippen molar-refractivity contribution in [2.75, 3.05) is 13.7 Å². The molecule has 1 heterocycles. The molecule has 0 saturated heterocycles. The monoisotopic (exact) mass is 326 g/mol. The van der Waals surface area contributed by atoms with E-state index in [1.807, 2.05) is 12.1 Å². The van der Waals surface area contributed by atoms with Crippen LogP contribution in [0.1, 0.15) is 22.8 Å². The van der Waals surface area contributed by atoms with Gasteiger partial charge in [0.25, 0.3) is 0 Å². The Balaban J connectivity index is 1.53. The van der Waals surface area contributed by atoms with Crippen molar-refractivity contribution in [2.24, 2.45) is 0 Å². The number of carbonyl (C=O) groups excluding carboxylic acids is 1. The molecular formula is C19H22N2O3. The van der Waals surface area contributed by atoms with Crippen LogP contribution in [0.4, 0.5) is 0 Å². The maximum Gasteiger partial charge on any atom is 0.237 e. The molecule has 0 spiro atoms. The molecule has 0 aromatic heterocycles. The van der Waals surface area contributed by atoms with Crippen LogP contribution in [-0.2, 0) is 17.8 Å². The fourth-order valence-corrected chi connectivity index (χ4v) is 2.90. The zero-order valence-electron chi connectivity index (χ0n) is 13.7. The minimum Gasteiger partial charge on any atom is -0.497 e. The molecule has 3 N–H and O–H groups in total. The average molecular weight is 326 g/mol. The predicted octanol–water partition coefficient (Wildman–Crippen LogP) is 1.56. The smallest absolute Gasteiger partial charge is 0.237 e. The fraction of sp³-hybridized carbons (Fsp3) is 0.316. The van der Waals surface area contributed by atoms with E-state index in [0.29, 0.717) is 13.0 Å². The number of ether oxygens (including phenoxy) is 1. The van der Waals surface area contributed by atoms with Gasteiger partial charge in [-0.3, -0.25) is 4.79 Å². The number of amides is 1. The van der Waals surface area contributed by atoms with E-state index in [9.17, 15) is 9.90 Å². The lowest BCUT2D eigenvalue weighted by Crippen LogP contribution is -2.48. The van der Waals surface area contributed by atoms with Gasteiger partial charge in [0.15, 0.2) is 0 Å². The zero-order valence-corrected chi connectivity index (χ0v) is 13.7. The molecule has 126 valence electrons. The third-order valence-corrected chi connectivity index (χ3v) is 4.37. The first-order valence-electron chi connectivity index (χ1n) is 8.07. The molecule has 0 bridgehead atoms. The molecule has 3 rings (SSSR count). The van der Waals surface area contributed by atoms with Crippen molar-refractivity contribution in [1.82, 2.24) is 10.6 Å². The molecule has 1 amide bonds. The standard InChI is InChI=1S/C19H22N2O3/c1-24-16-8-6-13(7-9-16)18(22)12-21-19(23)17-10-14-4-2-3-5-15(14)11-20-17/h2-9,17-18,20,22H,10-12H2,1H3,(H,21,23). The average Bonchev–Trinajstić information content (AvgIpc) is 2.65. The maximum atomic E-state index is 12.3. The van der Waals surface area contributed by atoms with Crippen molar-refractivity contribution >= 4 is 5.91 Å². The molecule has 5 nitrogen and oxygen atoms in total. The van der Waals surface area contributed by atoms with Crippen molar-refractivity contribution in [3.63, 3.8) is 0 Å². The van der Waals surface area contributed by atoms with E-state index in [1.165, 1.54) is 11.1 Å². The number of hydrogen-bond donors (Lipinski definition) is 3. The SMILES string of the molecule is COc1ccc(C(O)CNC(=O)C2Cc3ccccc3CN2)cc1. The summed E-state index contributed by atoms with van der Waals surface area (Å²) >= 11 is 0. The molecule has 0 radical (unpaired) electrons. The van der Waals surface area contributed by atoms with Crippen molar-refractivity contribution < 1.29 is 14.6 Å². The fourth-order valence-electron chi connectivity index (χ4n) is 2.90. The van der Waals surface area contributed by atoms with Gasteiger partial charge in [-0.15, -0.1) is 0 Å². The van der Waals surface area contributed by atoms with Crippen LogP contribution in [0.3, 0.4) is 0 Å². The van der Waals surface area contributed by atoms with Crippen molar-refractivity contribution in [3.05, 3.63) is 65.2 Å². The minimum absolute atomic E-state index is 0.0861. The highest BCUT2D eigenvalue weighted by Crippen LogP contribution is 2.18. The second-order valence-corrected chi connectivity index (χ2v) is 5.94. The van der Waals surface area contributed by atoms with Crippen LogP contribution in [-0.4, -0.2) is 30.7 Å². The van der Waals surface area contributed by atoms with Crippen LogP contribution < -0.4 is 15.4 Å². The largest absolute Gasteiger partial charge is 0.497 e. The van der Waals surface area contributed by atoms with Gasteiger partial charge in [0, 0.05) is 13.1 Å². The molecule has 2 aromatic carbocycles.